The molecule has 0 amide bonds. The van der Waals surface area contributed by atoms with Gasteiger partial charge in [0.05, 0.1) is 5.56 Å². The summed E-state index contributed by atoms with van der Waals surface area (Å²) in [5, 5.41) is 9.11. The van der Waals surface area contributed by atoms with Crippen molar-refractivity contribution in [2.45, 2.75) is 0 Å². The van der Waals surface area contributed by atoms with Crippen LogP contribution in [0.25, 0.3) is 11.1 Å². The zero-order chi connectivity index (χ0) is 12.4. The molecular weight excluding hydrogens is 287 g/mol. The van der Waals surface area contributed by atoms with Crippen LogP contribution in [0, 0.1) is 5.82 Å². The topological polar surface area (TPSA) is 37.3 Å². The van der Waals surface area contributed by atoms with E-state index in [1.165, 1.54) is 18.2 Å². The Morgan fingerprint density at radius 3 is 2.35 bits per heavy atom. The molecule has 2 nitrogen and oxygen atoms in total. The molecule has 0 spiro atoms. The third-order valence-corrected chi connectivity index (χ3v) is 2.86. The first-order chi connectivity index (χ1) is 8.08. The van der Waals surface area contributed by atoms with Crippen molar-refractivity contribution in [2.75, 3.05) is 0 Å². The number of aromatic carboxylic acids is 1. The Morgan fingerprint density at radius 2 is 1.76 bits per heavy atom. The second-order valence-corrected chi connectivity index (χ2v) is 4.42. The normalized spacial score (nSPS) is 10.2. The molecule has 2 rings (SSSR count). The molecular formula is C13H8BrFO2. The fraction of sp³-hybridized carbons (Fsp3) is 0. The van der Waals surface area contributed by atoms with Crippen LogP contribution < -0.4 is 0 Å². The third kappa shape index (κ3) is 2.53. The van der Waals surface area contributed by atoms with Gasteiger partial charge in [0.2, 0.25) is 0 Å². The van der Waals surface area contributed by atoms with Crippen LogP contribution in [0.2, 0.25) is 0 Å². The molecule has 1 N–H and O–H groups in total. The highest BCUT2D eigenvalue weighted by Gasteiger charge is 2.12. The van der Waals surface area contributed by atoms with E-state index in [0.717, 1.165) is 0 Å². The predicted molar refractivity (Wildman–Crippen MR) is 66.5 cm³/mol. The quantitative estimate of drug-likeness (QED) is 0.910. The molecule has 0 saturated heterocycles. The minimum atomic E-state index is -1.01. The first-order valence-electron chi connectivity index (χ1n) is 4.87. The third-order valence-electron chi connectivity index (χ3n) is 2.37. The number of hydrogen-bond acceptors (Lipinski definition) is 1. The molecule has 17 heavy (non-hydrogen) atoms. The summed E-state index contributed by atoms with van der Waals surface area (Å²) in [5.74, 6) is -1.35. The van der Waals surface area contributed by atoms with Gasteiger partial charge in [-0.05, 0) is 35.4 Å². The van der Waals surface area contributed by atoms with E-state index in [9.17, 15) is 9.18 Å². The van der Waals surface area contributed by atoms with Gasteiger partial charge < -0.3 is 5.11 Å². The van der Waals surface area contributed by atoms with Crippen LogP contribution in [0.15, 0.2) is 46.9 Å². The summed E-state index contributed by atoms with van der Waals surface area (Å²) in [6, 6.07) is 10.7. The van der Waals surface area contributed by atoms with E-state index in [1.54, 1.807) is 24.3 Å². The van der Waals surface area contributed by atoms with E-state index in [4.69, 9.17) is 5.11 Å². The number of carbonyl (C=O) groups is 1. The standard InChI is InChI=1S/C13H8BrFO2/c14-9-3-6-11(12(7-9)13(16)17)8-1-4-10(15)5-2-8/h1-7H,(H,16,17). The minimum Gasteiger partial charge on any atom is -0.478 e. The molecule has 0 fully saturated rings. The number of carboxylic acids is 1. The number of rotatable bonds is 2. The van der Waals surface area contributed by atoms with Gasteiger partial charge in [0, 0.05) is 4.47 Å². The van der Waals surface area contributed by atoms with Crippen molar-refractivity contribution >= 4 is 21.9 Å². The Balaban J connectivity index is 2.58. The highest BCUT2D eigenvalue weighted by molar-refractivity contribution is 9.10. The highest BCUT2D eigenvalue weighted by Crippen LogP contribution is 2.26. The monoisotopic (exact) mass is 294 g/mol. The highest BCUT2D eigenvalue weighted by atomic mass is 79.9. The molecule has 0 aromatic heterocycles. The van der Waals surface area contributed by atoms with Gasteiger partial charge in [-0.1, -0.05) is 34.1 Å². The van der Waals surface area contributed by atoms with Crippen LogP contribution in [0.5, 0.6) is 0 Å². The molecule has 0 aliphatic carbocycles. The minimum absolute atomic E-state index is 0.186. The maximum atomic E-state index is 12.8. The van der Waals surface area contributed by atoms with Crippen molar-refractivity contribution in [1.29, 1.82) is 0 Å². The average Bonchev–Trinajstić information content (AvgIpc) is 2.30. The molecule has 0 radical (unpaired) electrons. The van der Waals surface area contributed by atoms with Crippen LogP contribution in [-0.2, 0) is 0 Å². The summed E-state index contributed by atoms with van der Waals surface area (Å²) in [7, 11) is 0. The Labute approximate surface area is 106 Å². The maximum Gasteiger partial charge on any atom is 0.336 e. The lowest BCUT2D eigenvalue weighted by molar-refractivity contribution is 0.0697. The van der Waals surface area contributed by atoms with Crippen molar-refractivity contribution in [3.63, 3.8) is 0 Å². The van der Waals surface area contributed by atoms with E-state index in [2.05, 4.69) is 15.9 Å². The van der Waals surface area contributed by atoms with E-state index in [0.29, 0.717) is 15.6 Å². The molecule has 2 aromatic rings. The lowest BCUT2D eigenvalue weighted by atomic mass is 10.00. The van der Waals surface area contributed by atoms with E-state index in [1.807, 2.05) is 0 Å². The fourth-order valence-electron chi connectivity index (χ4n) is 1.57. The van der Waals surface area contributed by atoms with Gasteiger partial charge in [-0.25, -0.2) is 9.18 Å². The molecule has 0 unspecified atom stereocenters. The zero-order valence-corrected chi connectivity index (χ0v) is 10.2. The van der Waals surface area contributed by atoms with Crippen molar-refractivity contribution in [3.8, 4) is 11.1 Å². The predicted octanol–water partition coefficient (Wildman–Crippen LogP) is 3.95. The number of halogens is 2. The molecule has 4 heteroatoms. The molecule has 0 heterocycles. The maximum absolute atomic E-state index is 12.8. The van der Waals surface area contributed by atoms with Gasteiger partial charge in [-0.2, -0.15) is 0 Å². The van der Waals surface area contributed by atoms with Gasteiger partial charge in [0.15, 0.2) is 0 Å². The summed E-state index contributed by atoms with van der Waals surface area (Å²) in [6.07, 6.45) is 0. The second kappa shape index (κ2) is 4.67. The summed E-state index contributed by atoms with van der Waals surface area (Å²) in [4.78, 5) is 11.1. The molecule has 2 aromatic carbocycles. The lowest BCUT2D eigenvalue weighted by Gasteiger charge is -2.06. The first-order valence-corrected chi connectivity index (χ1v) is 5.66. The lowest BCUT2D eigenvalue weighted by Crippen LogP contribution is -1.99. The fourth-order valence-corrected chi connectivity index (χ4v) is 1.94. The Hall–Kier alpha value is -1.68. The van der Waals surface area contributed by atoms with Crippen LogP contribution in [0.4, 0.5) is 4.39 Å². The largest absolute Gasteiger partial charge is 0.478 e. The Bertz CT molecular complexity index is 564. The van der Waals surface area contributed by atoms with Crippen LogP contribution >= 0.6 is 15.9 Å². The molecule has 0 bridgehead atoms. The van der Waals surface area contributed by atoms with Crippen LogP contribution in [0.3, 0.4) is 0 Å². The van der Waals surface area contributed by atoms with E-state index < -0.39 is 5.97 Å². The van der Waals surface area contributed by atoms with Crippen LogP contribution in [0.1, 0.15) is 10.4 Å². The SMILES string of the molecule is O=C(O)c1cc(Br)ccc1-c1ccc(F)cc1. The van der Waals surface area contributed by atoms with Gasteiger partial charge in [0.1, 0.15) is 5.82 Å². The van der Waals surface area contributed by atoms with Gasteiger partial charge in [0.25, 0.3) is 0 Å². The van der Waals surface area contributed by atoms with Crippen molar-refractivity contribution in [3.05, 3.63) is 58.3 Å². The molecule has 0 saturated carbocycles. The van der Waals surface area contributed by atoms with E-state index >= 15 is 0 Å². The van der Waals surface area contributed by atoms with E-state index in [-0.39, 0.29) is 11.4 Å². The summed E-state index contributed by atoms with van der Waals surface area (Å²) in [5.41, 5.74) is 1.43. The first kappa shape index (κ1) is 11.8. The smallest absolute Gasteiger partial charge is 0.336 e. The van der Waals surface area contributed by atoms with Crippen molar-refractivity contribution in [2.24, 2.45) is 0 Å². The number of benzene rings is 2. The van der Waals surface area contributed by atoms with Crippen molar-refractivity contribution < 1.29 is 14.3 Å². The molecule has 86 valence electrons. The zero-order valence-electron chi connectivity index (χ0n) is 8.65. The molecule has 0 aliphatic heterocycles. The van der Waals surface area contributed by atoms with Crippen molar-refractivity contribution in [1.82, 2.24) is 0 Å². The number of carboxylic acid groups (broad SMARTS) is 1. The summed E-state index contributed by atoms with van der Waals surface area (Å²) in [6.45, 7) is 0. The van der Waals surface area contributed by atoms with Gasteiger partial charge in [-0.15, -0.1) is 0 Å². The molecule has 0 aliphatic rings. The average molecular weight is 295 g/mol. The number of hydrogen-bond donors (Lipinski definition) is 1. The Morgan fingerprint density at radius 1 is 1.12 bits per heavy atom. The van der Waals surface area contributed by atoms with Crippen LogP contribution in [-0.4, -0.2) is 11.1 Å². The van der Waals surface area contributed by atoms with Gasteiger partial charge in [-0.3, -0.25) is 0 Å². The molecule has 0 atom stereocenters. The summed E-state index contributed by atoms with van der Waals surface area (Å²) >= 11 is 3.23. The van der Waals surface area contributed by atoms with Gasteiger partial charge >= 0.3 is 5.97 Å². The Kier molecular flexibility index (Phi) is 3.24. The summed E-state index contributed by atoms with van der Waals surface area (Å²) < 4.78 is 13.5. The second-order valence-electron chi connectivity index (χ2n) is 3.50.